The number of primary sulfonamides is 1. The Bertz CT molecular complexity index is 497. The molecule has 1 aromatic rings. The number of aryl methyl sites for hydroxylation is 1. The van der Waals surface area contributed by atoms with E-state index in [-0.39, 0.29) is 16.7 Å². The molecule has 0 heterocycles. The molecule has 1 rings (SSSR count). The minimum atomic E-state index is -3.83. The Morgan fingerprint density at radius 2 is 1.94 bits per heavy atom. The van der Waals surface area contributed by atoms with Gasteiger partial charge in [-0.2, -0.15) is 0 Å². The maximum Gasteiger partial charge on any atom is 0.241 e. The van der Waals surface area contributed by atoms with Crippen molar-refractivity contribution in [3.8, 4) is 5.75 Å². The van der Waals surface area contributed by atoms with Gasteiger partial charge in [0.2, 0.25) is 10.0 Å². The fraction of sp³-hybridized carbons (Fsp3) is 0.400. The zero-order valence-electron chi connectivity index (χ0n) is 9.32. The molecule has 6 heteroatoms. The molecule has 0 saturated carbocycles. The molecule has 0 spiro atoms. The van der Waals surface area contributed by atoms with Crippen LogP contribution in [0, 0.1) is 6.92 Å². The van der Waals surface area contributed by atoms with Gasteiger partial charge in [-0.25, -0.2) is 13.6 Å². The maximum absolute atomic E-state index is 11.4. The Hall–Kier alpha value is -0.780. The third kappa shape index (κ3) is 3.10. The molecule has 4 nitrogen and oxygen atoms in total. The molecule has 0 radical (unpaired) electrons. The summed E-state index contributed by atoms with van der Waals surface area (Å²) in [5, 5.41) is 5.42. The molecule has 0 aliphatic heterocycles. The van der Waals surface area contributed by atoms with Crippen molar-refractivity contribution in [3.05, 3.63) is 22.7 Å². The molecule has 0 aromatic heterocycles. The van der Waals surface area contributed by atoms with E-state index in [4.69, 9.17) is 21.5 Å². The predicted molar refractivity (Wildman–Crippen MR) is 63.3 cm³/mol. The summed E-state index contributed by atoms with van der Waals surface area (Å²) in [6.07, 6.45) is -0.139. The lowest BCUT2D eigenvalue weighted by atomic mass is 10.2. The lowest BCUT2D eigenvalue weighted by molar-refractivity contribution is 0.234. The smallest absolute Gasteiger partial charge is 0.241 e. The Kier molecular flexibility index (Phi) is 3.83. The van der Waals surface area contributed by atoms with Crippen molar-refractivity contribution in [1.82, 2.24) is 0 Å². The molecule has 0 fully saturated rings. The van der Waals surface area contributed by atoms with Crippen LogP contribution in [-0.2, 0) is 10.0 Å². The molecule has 2 N–H and O–H groups in total. The summed E-state index contributed by atoms with van der Waals surface area (Å²) in [5.74, 6) is 0.266. The van der Waals surface area contributed by atoms with Crippen LogP contribution in [-0.4, -0.2) is 14.5 Å². The summed E-state index contributed by atoms with van der Waals surface area (Å²) in [6, 6.07) is 2.93. The van der Waals surface area contributed by atoms with Crippen molar-refractivity contribution in [3.63, 3.8) is 0 Å². The van der Waals surface area contributed by atoms with E-state index in [1.165, 1.54) is 6.07 Å². The van der Waals surface area contributed by atoms with Gasteiger partial charge in [-0.3, -0.25) is 0 Å². The summed E-state index contributed by atoms with van der Waals surface area (Å²) >= 11 is 5.79. The maximum atomic E-state index is 11.4. The van der Waals surface area contributed by atoms with Crippen LogP contribution in [0.2, 0.25) is 5.02 Å². The zero-order valence-corrected chi connectivity index (χ0v) is 10.9. The highest BCUT2D eigenvalue weighted by Crippen LogP contribution is 2.31. The van der Waals surface area contributed by atoms with E-state index in [0.29, 0.717) is 10.6 Å². The highest BCUT2D eigenvalue weighted by atomic mass is 35.5. The second-order valence-electron chi connectivity index (χ2n) is 3.76. The molecular formula is C10H14ClNO3S. The van der Waals surface area contributed by atoms with E-state index in [1.807, 2.05) is 0 Å². The van der Waals surface area contributed by atoms with Crippen molar-refractivity contribution < 1.29 is 13.2 Å². The fourth-order valence-corrected chi connectivity index (χ4v) is 2.39. The number of rotatable bonds is 3. The van der Waals surface area contributed by atoms with Crippen LogP contribution in [0.1, 0.15) is 19.4 Å². The second-order valence-corrected chi connectivity index (χ2v) is 5.73. The van der Waals surface area contributed by atoms with Crippen LogP contribution in [0.4, 0.5) is 0 Å². The number of ether oxygens (including phenoxy) is 1. The number of nitrogens with two attached hydrogens (primary N) is 1. The first-order chi connectivity index (χ1) is 7.21. The van der Waals surface area contributed by atoms with Gasteiger partial charge in [-0.1, -0.05) is 11.6 Å². The first-order valence-electron chi connectivity index (χ1n) is 4.71. The second kappa shape index (κ2) is 4.61. The summed E-state index contributed by atoms with van der Waals surface area (Å²) in [6.45, 7) is 5.33. The Balaban J connectivity index is 3.45. The van der Waals surface area contributed by atoms with Crippen molar-refractivity contribution in [2.75, 3.05) is 0 Å². The van der Waals surface area contributed by atoms with E-state index < -0.39 is 10.0 Å². The molecule has 0 aliphatic rings. The lowest BCUT2D eigenvalue weighted by Crippen LogP contribution is -2.16. The first-order valence-corrected chi connectivity index (χ1v) is 6.64. The predicted octanol–water partition coefficient (Wildman–Crippen LogP) is 2.08. The molecule has 0 unspecified atom stereocenters. The molecule has 0 aliphatic carbocycles. The van der Waals surface area contributed by atoms with E-state index >= 15 is 0 Å². The Labute approximate surface area is 100 Å². The van der Waals surface area contributed by atoms with Crippen LogP contribution in [0.25, 0.3) is 0 Å². The normalized spacial score (nSPS) is 11.9. The first kappa shape index (κ1) is 13.3. The lowest BCUT2D eigenvalue weighted by Gasteiger charge is -2.16. The highest BCUT2D eigenvalue weighted by Gasteiger charge is 2.19. The number of benzene rings is 1. The van der Waals surface area contributed by atoms with Gasteiger partial charge >= 0.3 is 0 Å². The number of sulfonamides is 1. The topological polar surface area (TPSA) is 69.4 Å². The molecule has 0 bridgehead atoms. The third-order valence-corrected chi connectivity index (χ3v) is 3.00. The van der Waals surface area contributed by atoms with E-state index in [2.05, 4.69) is 0 Å². The monoisotopic (exact) mass is 263 g/mol. The molecule has 90 valence electrons. The van der Waals surface area contributed by atoms with Gasteiger partial charge in [-0.15, -0.1) is 0 Å². The largest absolute Gasteiger partial charge is 0.489 e. The Morgan fingerprint density at radius 3 is 2.38 bits per heavy atom. The molecule has 0 saturated heterocycles. The number of hydrogen-bond donors (Lipinski definition) is 1. The van der Waals surface area contributed by atoms with Gasteiger partial charge in [0.05, 0.1) is 6.10 Å². The summed E-state index contributed by atoms with van der Waals surface area (Å²) in [7, 11) is -3.83. The average Bonchev–Trinajstić information content (AvgIpc) is 2.06. The van der Waals surface area contributed by atoms with Crippen LogP contribution in [0.3, 0.4) is 0 Å². The minimum Gasteiger partial charge on any atom is -0.489 e. The molecule has 0 amide bonds. The standard InChI is InChI=1S/C10H14ClNO3S/c1-6(2)15-10-7(3)4-8(11)5-9(10)16(12,13)14/h4-6H,1-3H3,(H2,12,13,14). The molecule has 1 aromatic carbocycles. The third-order valence-electron chi connectivity index (χ3n) is 1.87. The van der Waals surface area contributed by atoms with Crippen molar-refractivity contribution in [2.24, 2.45) is 5.14 Å². The van der Waals surface area contributed by atoms with Gasteiger partial charge in [0.25, 0.3) is 0 Å². The number of hydrogen-bond acceptors (Lipinski definition) is 3. The zero-order chi connectivity index (χ0) is 12.5. The van der Waals surface area contributed by atoms with E-state index in [9.17, 15) is 8.42 Å². The molecule has 0 atom stereocenters. The van der Waals surface area contributed by atoms with Crippen molar-refractivity contribution in [1.29, 1.82) is 0 Å². The average molecular weight is 264 g/mol. The fourth-order valence-electron chi connectivity index (χ4n) is 1.30. The van der Waals surface area contributed by atoms with Crippen LogP contribution in [0.15, 0.2) is 17.0 Å². The summed E-state index contributed by atoms with van der Waals surface area (Å²) in [4.78, 5) is -0.0776. The van der Waals surface area contributed by atoms with Crippen molar-refractivity contribution >= 4 is 21.6 Å². The van der Waals surface area contributed by atoms with E-state index in [1.54, 1.807) is 26.8 Å². The van der Waals surface area contributed by atoms with Gasteiger partial charge in [0.1, 0.15) is 10.6 Å². The molecular weight excluding hydrogens is 250 g/mol. The highest BCUT2D eigenvalue weighted by molar-refractivity contribution is 7.89. The van der Waals surface area contributed by atoms with Crippen LogP contribution in [0.5, 0.6) is 5.75 Å². The number of halogens is 1. The van der Waals surface area contributed by atoms with Gasteiger partial charge < -0.3 is 4.74 Å². The van der Waals surface area contributed by atoms with Crippen LogP contribution < -0.4 is 9.88 Å². The van der Waals surface area contributed by atoms with Gasteiger partial charge in [0, 0.05) is 5.02 Å². The van der Waals surface area contributed by atoms with Gasteiger partial charge in [0.15, 0.2) is 0 Å². The summed E-state index contributed by atoms with van der Waals surface area (Å²) in [5.41, 5.74) is 0.644. The Morgan fingerprint density at radius 1 is 1.38 bits per heavy atom. The van der Waals surface area contributed by atoms with Crippen LogP contribution >= 0.6 is 11.6 Å². The SMILES string of the molecule is Cc1cc(Cl)cc(S(N)(=O)=O)c1OC(C)C. The van der Waals surface area contributed by atoms with E-state index in [0.717, 1.165) is 0 Å². The minimum absolute atomic E-state index is 0.0776. The van der Waals surface area contributed by atoms with Crippen molar-refractivity contribution in [2.45, 2.75) is 31.8 Å². The molecule has 16 heavy (non-hydrogen) atoms. The van der Waals surface area contributed by atoms with Gasteiger partial charge in [-0.05, 0) is 38.5 Å². The quantitative estimate of drug-likeness (QED) is 0.908. The summed E-state index contributed by atoms with van der Waals surface area (Å²) < 4.78 is 28.2.